The summed E-state index contributed by atoms with van der Waals surface area (Å²) in [4.78, 5) is 10.2. The van der Waals surface area contributed by atoms with Crippen molar-refractivity contribution < 1.29 is 13.3 Å². The fourth-order valence-corrected chi connectivity index (χ4v) is 3.51. The average Bonchev–Trinajstić information content (AvgIpc) is 2.14. The molecule has 0 heterocycles. The molecule has 1 rings (SSSR count). The molecule has 0 fully saturated rings. The normalized spacial score (nSPS) is 11.8. The summed E-state index contributed by atoms with van der Waals surface area (Å²) in [6.07, 6.45) is 0. The van der Waals surface area contributed by atoms with E-state index in [1.165, 1.54) is 18.2 Å². The topological polar surface area (TPSA) is 77.3 Å². The lowest BCUT2D eigenvalue weighted by molar-refractivity contribution is -0.385. The molecule has 0 saturated heterocycles. The molecule has 0 bridgehead atoms. The number of nitro groups is 1. The number of hydrogen-bond donors (Lipinski definition) is 0. The summed E-state index contributed by atoms with van der Waals surface area (Å²) in [7, 11) is -3.36. The van der Waals surface area contributed by atoms with Gasteiger partial charge in [0.05, 0.1) is 15.6 Å². The number of sulfone groups is 1. The van der Waals surface area contributed by atoms with E-state index in [4.69, 9.17) is 0 Å². The molecule has 0 amide bonds. The number of aryl methyl sites for hydroxylation is 1. The van der Waals surface area contributed by atoms with Crippen LogP contribution in [0.1, 0.15) is 19.4 Å². The highest BCUT2D eigenvalue weighted by molar-refractivity contribution is 7.91. The van der Waals surface area contributed by atoms with E-state index in [1.807, 2.05) is 13.8 Å². The van der Waals surface area contributed by atoms with Gasteiger partial charge in [-0.2, -0.15) is 0 Å². The Morgan fingerprint density at radius 1 is 1.35 bits per heavy atom. The van der Waals surface area contributed by atoms with E-state index in [1.54, 1.807) is 6.92 Å². The zero-order chi connectivity index (χ0) is 13.2. The second-order valence-electron chi connectivity index (χ2n) is 4.38. The smallest absolute Gasteiger partial charge is 0.258 e. The molecule has 0 saturated carbocycles. The Labute approximate surface area is 101 Å². The maximum absolute atomic E-state index is 12.0. The quantitative estimate of drug-likeness (QED) is 0.612. The zero-order valence-electron chi connectivity index (χ0n) is 10.0. The van der Waals surface area contributed by atoms with Gasteiger partial charge in [0.1, 0.15) is 0 Å². The molecule has 0 aliphatic rings. The van der Waals surface area contributed by atoms with E-state index >= 15 is 0 Å². The third kappa shape index (κ3) is 3.26. The molecule has 5 nitrogen and oxygen atoms in total. The molecule has 0 aromatic heterocycles. The van der Waals surface area contributed by atoms with Gasteiger partial charge in [-0.15, -0.1) is 0 Å². The second-order valence-corrected chi connectivity index (χ2v) is 6.38. The SMILES string of the molecule is Cc1cc([N+](=O)[O-])ccc1S(=O)(=O)CC(C)C. The van der Waals surface area contributed by atoms with Crippen LogP contribution in [0.3, 0.4) is 0 Å². The van der Waals surface area contributed by atoms with Crippen molar-refractivity contribution in [3.63, 3.8) is 0 Å². The first kappa shape index (κ1) is 13.6. The van der Waals surface area contributed by atoms with Crippen LogP contribution in [0.5, 0.6) is 0 Å². The minimum Gasteiger partial charge on any atom is -0.258 e. The van der Waals surface area contributed by atoms with Gasteiger partial charge in [0.15, 0.2) is 9.84 Å². The molecule has 17 heavy (non-hydrogen) atoms. The fourth-order valence-electron chi connectivity index (χ4n) is 1.62. The van der Waals surface area contributed by atoms with E-state index in [0.717, 1.165) is 0 Å². The summed E-state index contributed by atoms with van der Waals surface area (Å²) in [6, 6.07) is 3.82. The molecule has 0 N–H and O–H groups in total. The molecule has 0 aliphatic heterocycles. The van der Waals surface area contributed by atoms with E-state index < -0.39 is 14.8 Å². The highest BCUT2D eigenvalue weighted by Crippen LogP contribution is 2.23. The van der Waals surface area contributed by atoms with Gasteiger partial charge in [0.2, 0.25) is 0 Å². The first-order chi connectivity index (χ1) is 7.74. The number of nitrogens with zero attached hydrogens (tertiary/aromatic N) is 1. The van der Waals surface area contributed by atoms with Crippen LogP contribution in [-0.4, -0.2) is 19.1 Å². The first-order valence-corrected chi connectivity index (χ1v) is 6.87. The van der Waals surface area contributed by atoms with E-state index in [-0.39, 0.29) is 22.3 Å². The second kappa shape index (κ2) is 4.83. The summed E-state index contributed by atoms with van der Waals surface area (Å²) in [5.74, 6) is 0.0700. The van der Waals surface area contributed by atoms with Crippen LogP contribution in [0.2, 0.25) is 0 Å². The predicted molar refractivity (Wildman–Crippen MR) is 64.7 cm³/mol. The van der Waals surface area contributed by atoms with Gasteiger partial charge < -0.3 is 0 Å². The highest BCUT2D eigenvalue weighted by Gasteiger charge is 2.20. The van der Waals surface area contributed by atoms with E-state index in [9.17, 15) is 18.5 Å². The number of hydrogen-bond acceptors (Lipinski definition) is 4. The maximum Gasteiger partial charge on any atom is 0.269 e. The lowest BCUT2D eigenvalue weighted by atomic mass is 10.2. The molecule has 0 atom stereocenters. The Morgan fingerprint density at radius 2 is 1.94 bits per heavy atom. The van der Waals surface area contributed by atoms with Crippen molar-refractivity contribution in [1.29, 1.82) is 0 Å². The van der Waals surface area contributed by atoms with Crippen LogP contribution in [0.15, 0.2) is 23.1 Å². The van der Waals surface area contributed by atoms with Gasteiger partial charge >= 0.3 is 0 Å². The minimum absolute atomic E-state index is 0.0228. The van der Waals surface area contributed by atoms with Crippen molar-refractivity contribution in [1.82, 2.24) is 0 Å². The average molecular weight is 257 g/mol. The number of nitro benzene ring substituents is 1. The summed E-state index contributed by atoms with van der Waals surface area (Å²) in [6.45, 7) is 5.21. The largest absolute Gasteiger partial charge is 0.269 e. The molecular weight excluding hydrogens is 242 g/mol. The van der Waals surface area contributed by atoms with Crippen molar-refractivity contribution in [3.8, 4) is 0 Å². The third-order valence-electron chi connectivity index (χ3n) is 2.26. The molecule has 0 spiro atoms. The summed E-state index contributed by atoms with van der Waals surface area (Å²) >= 11 is 0. The molecule has 0 aliphatic carbocycles. The molecule has 0 unspecified atom stereocenters. The minimum atomic E-state index is -3.36. The first-order valence-electron chi connectivity index (χ1n) is 5.22. The lowest BCUT2D eigenvalue weighted by Crippen LogP contribution is -2.13. The molecule has 0 radical (unpaired) electrons. The number of non-ortho nitro benzene ring substituents is 1. The fraction of sp³-hybridized carbons (Fsp3) is 0.455. The summed E-state index contributed by atoms with van der Waals surface area (Å²) in [5.41, 5.74) is 0.325. The Kier molecular flexibility index (Phi) is 3.87. The van der Waals surface area contributed by atoms with Crippen LogP contribution < -0.4 is 0 Å². The Morgan fingerprint density at radius 3 is 2.35 bits per heavy atom. The lowest BCUT2D eigenvalue weighted by Gasteiger charge is -2.09. The van der Waals surface area contributed by atoms with Crippen LogP contribution in [0, 0.1) is 23.0 Å². The molecule has 1 aromatic rings. The van der Waals surface area contributed by atoms with Crippen molar-refractivity contribution >= 4 is 15.5 Å². The van der Waals surface area contributed by atoms with Crippen LogP contribution in [0.25, 0.3) is 0 Å². The van der Waals surface area contributed by atoms with Gasteiger partial charge in [-0.25, -0.2) is 8.42 Å². The van der Waals surface area contributed by atoms with Gasteiger partial charge in [0, 0.05) is 12.1 Å². The van der Waals surface area contributed by atoms with Gasteiger partial charge in [-0.1, -0.05) is 13.8 Å². The molecule has 94 valence electrons. The van der Waals surface area contributed by atoms with Crippen LogP contribution >= 0.6 is 0 Å². The van der Waals surface area contributed by atoms with E-state index in [0.29, 0.717) is 5.56 Å². The zero-order valence-corrected chi connectivity index (χ0v) is 10.8. The Bertz CT molecular complexity index is 534. The number of rotatable bonds is 4. The Hall–Kier alpha value is -1.43. The standard InChI is InChI=1S/C11H15NO4S/c1-8(2)7-17(15,16)11-5-4-10(12(13)14)6-9(11)3/h4-6,8H,7H2,1-3H3. The van der Waals surface area contributed by atoms with Crippen molar-refractivity contribution in [2.45, 2.75) is 25.7 Å². The van der Waals surface area contributed by atoms with Crippen molar-refractivity contribution in [3.05, 3.63) is 33.9 Å². The molecule has 1 aromatic carbocycles. The third-order valence-corrected chi connectivity index (χ3v) is 4.49. The summed E-state index contributed by atoms with van der Waals surface area (Å²) < 4.78 is 23.9. The van der Waals surface area contributed by atoms with Gasteiger partial charge in [-0.3, -0.25) is 10.1 Å². The highest BCUT2D eigenvalue weighted by atomic mass is 32.2. The Balaban J connectivity index is 3.21. The predicted octanol–water partition coefficient (Wildman–Crippen LogP) is 2.33. The van der Waals surface area contributed by atoms with Gasteiger partial charge in [0.25, 0.3) is 5.69 Å². The van der Waals surface area contributed by atoms with Crippen molar-refractivity contribution in [2.75, 3.05) is 5.75 Å². The summed E-state index contributed by atoms with van der Waals surface area (Å²) in [5, 5.41) is 10.5. The van der Waals surface area contributed by atoms with Gasteiger partial charge in [-0.05, 0) is 24.5 Å². The van der Waals surface area contributed by atoms with E-state index in [2.05, 4.69) is 0 Å². The maximum atomic E-state index is 12.0. The molecular formula is C11H15NO4S. The monoisotopic (exact) mass is 257 g/mol. The van der Waals surface area contributed by atoms with Crippen LogP contribution in [-0.2, 0) is 9.84 Å². The van der Waals surface area contributed by atoms with Crippen molar-refractivity contribution in [2.24, 2.45) is 5.92 Å². The van der Waals surface area contributed by atoms with Crippen LogP contribution in [0.4, 0.5) is 5.69 Å². The number of benzene rings is 1. The molecule has 6 heteroatoms.